The second kappa shape index (κ2) is 12.4. The number of allylic oxidation sites excluding steroid dienone is 8. The number of hydrogen-bond donors (Lipinski definition) is 0. The number of halogens is 2. The van der Waals surface area contributed by atoms with E-state index >= 15 is 0 Å². The quantitative estimate of drug-likeness (QED) is 0.279. The van der Waals surface area contributed by atoms with Crippen LogP contribution < -0.4 is 24.8 Å². The van der Waals surface area contributed by atoms with Crippen molar-refractivity contribution in [3.63, 3.8) is 0 Å². The first kappa shape index (κ1) is 27.8. The Bertz CT molecular complexity index is 371. The summed E-state index contributed by atoms with van der Waals surface area (Å²) in [4.78, 5) is 14.5. The van der Waals surface area contributed by atoms with Crippen molar-refractivity contribution in [3.05, 3.63) is 43.6 Å². The summed E-state index contributed by atoms with van der Waals surface area (Å²) in [7, 11) is 0. The van der Waals surface area contributed by atoms with Crippen LogP contribution in [0.2, 0.25) is 29.6 Å². The topological polar surface area (TPSA) is 0 Å². The van der Waals surface area contributed by atoms with Gasteiger partial charge in [-0.05, 0) is 0 Å². The molecule has 0 heterocycles. The molecule has 2 aliphatic carbocycles. The van der Waals surface area contributed by atoms with Gasteiger partial charge in [-0.2, -0.15) is 0 Å². The first-order valence-electron chi connectivity index (χ1n) is 6.77. The Morgan fingerprint density at radius 3 is 1.10 bits per heavy atom. The summed E-state index contributed by atoms with van der Waals surface area (Å²) in [5.74, 6) is 0. The average molecular weight is 618 g/mol. The van der Waals surface area contributed by atoms with Crippen molar-refractivity contribution < 1.29 is 51.0 Å². The van der Waals surface area contributed by atoms with E-state index in [1.807, 2.05) is 0 Å². The fourth-order valence-electron chi connectivity index (χ4n) is 1.84. The van der Waals surface area contributed by atoms with E-state index in [9.17, 15) is 0 Å². The monoisotopic (exact) mass is 618 g/mol. The zero-order chi connectivity index (χ0) is 13.8. The van der Waals surface area contributed by atoms with Crippen LogP contribution in [0.5, 0.6) is 0 Å². The van der Waals surface area contributed by atoms with Crippen LogP contribution in [0, 0.1) is 12.2 Å². The van der Waals surface area contributed by atoms with Gasteiger partial charge in [0.15, 0.2) is 0 Å². The van der Waals surface area contributed by atoms with Gasteiger partial charge in [0.25, 0.3) is 0 Å². The molecule has 5 heteroatoms. The average Bonchev–Trinajstić information content (AvgIpc) is 2.91. The van der Waals surface area contributed by atoms with Crippen LogP contribution in [0.4, 0.5) is 0 Å². The van der Waals surface area contributed by atoms with E-state index in [2.05, 4.69) is 66.1 Å². The van der Waals surface area contributed by atoms with Gasteiger partial charge in [0.05, 0.1) is 0 Å². The van der Waals surface area contributed by atoms with Crippen molar-refractivity contribution in [2.24, 2.45) is 0 Å². The first-order valence-corrected chi connectivity index (χ1v) is 26.7. The molecule has 0 spiro atoms. The fourth-order valence-corrected chi connectivity index (χ4v) is 8.98. The first-order chi connectivity index (χ1) is 8.21. The Morgan fingerprint density at radius 1 is 0.714 bits per heavy atom. The Labute approximate surface area is 171 Å². The summed E-state index contributed by atoms with van der Waals surface area (Å²) in [6.07, 6.45) is 17.8. The van der Waals surface area contributed by atoms with E-state index in [0.717, 1.165) is 12.8 Å². The van der Waals surface area contributed by atoms with Gasteiger partial charge in [-0.15, -0.1) is 0 Å². The molecule has 0 unspecified atom stereocenters. The standard InChI is InChI=1S/2C5H4.6CH3.2ClH.2Sn.Zr/c2*1-2-4-5-3-1;;;;;;;;;;;/h2*1-2H,3H2;6*1H3;2*1H;;;/q2*-1;;;;;;;;;;;+4/p-2. The second-order valence-corrected chi connectivity index (χ2v) is 35.7. The third-order valence-electron chi connectivity index (χ3n) is 3.01. The van der Waals surface area contributed by atoms with Crippen LogP contribution in [-0.2, 0) is 26.2 Å². The molecule has 0 N–H and O–H groups in total. The minimum Gasteiger partial charge on any atom is -1.00 e. The van der Waals surface area contributed by atoms with Crippen molar-refractivity contribution in [2.45, 2.75) is 42.5 Å². The van der Waals surface area contributed by atoms with Gasteiger partial charge in [-0.25, -0.2) is 0 Å². The maximum atomic E-state index is 3.40. The second-order valence-electron chi connectivity index (χ2n) is 6.89. The van der Waals surface area contributed by atoms with E-state index < -0.39 is 36.8 Å². The zero-order valence-electron chi connectivity index (χ0n) is 14.0. The largest absolute Gasteiger partial charge is 4.00 e. The van der Waals surface area contributed by atoms with E-state index in [1.54, 1.807) is 7.18 Å². The molecule has 0 nitrogen and oxygen atoms in total. The Balaban J connectivity index is -0.000000270. The molecule has 0 saturated carbocycles. The molecule has 0 aliphatic heterocycles. The molecule has 0 aromatic carbocycles. The summed E-state index contributed by atoms with van der Waals surface area (Å²) in [5, 5.41) is 0. The number of hydrogen-bond acceptors (Lipinski definition) is 0. The van der Waals surface area contributed by atoms with Gasteiger partial charge < -0.3 is 24.8 Å². The molecular formula is C16H26Cl2Sn2Zr. The SMILES string of the molecule is [CH3][Sn]([CH3])([CH3])[C]1=[C-]CC=C1.[CH3][Sn]([CH3])([CH3])[C]1=[C-]CC=C1.[Cl-].[Cl-].[Zr+4]. The third-order valence-corrected chi connectivity index (χ3v) is 14.2. The molecule has 0 aromatic heterocycles. The Hall–Kier alpha value is 2.02. The molecule has 2 aliphatic rings. The molecule has 116 valence electrons. The molecule has 21 heavy (non-hydrogen) atoms. The van der Waals surface area contributed by atoms with Gasteiger partial charge in [-0.1, -0.05) is 0 Å². The van der Waals surface area contributed by atoms with E-state index in [1.165, 1.54) is 0 Å². The predicted molar refractivity (Wildman–Crippen MR) is 87.7 cm³/mol. The summed E-state index contributed by atoms with van der Waals surface area (Å²) in [6.45, 7) is 0. The Morgan fingerprint density at radius 2 is 1.00 bits per heavy atom. The molecule has 0 aromatic rings. The van der Waals surface area contributed by atoms with Gasteiger partial charge >= 0.3 is 149 Å². The summed E-state index contributed by atoms with van der Waals surface area (Å²) in [6, 6.07) is 0. The third kappa shape index (κ3) is 11.2. The van der Waals surface area contributed by atoms with E-state index in [4.69, 9.17) is 0 Å². The van der Waals surface area contributed by atoms with Gasteiger partial charge in [0.1, 0.15) is 0 Å². The zero-order valence-corrected chi connectivity index (χ0v) is 23.7. The van der Waals surface area contributed by atoms with Crippen LogP contribution in [0.3, 0.4) is 0 Å². The summed E-state index contributed by atoms with van der Waals surface area (Å²) in [5.41, 5.74) is 0. The maximum Gasteiger partial charge on any atom is 4.00 e. The van der Waals surface area contributed by atoms with Crippen molar-refractivity contribution in [3.8, 4) is 0 Å². The van der Waals surface area contributed by atoms with Crippen molar-refractivity contribution in [2.75, 3.05) is 0 Å². The fraction of sp³-hybridized carbons (Fsp3) is 0.500. The Kier molecular flexibility index (Phi) is 16.4. The smallest absolute Gasteiger partial charge is 1.00 e. The van der Waals surface area contributed by atoms with Crippen molar-refractivity contribution >= 4 is 36.8 Å². The minimum absolute atomic E-state index is 0. The molecular weight excluding hydrogens is 592 g/mol. The van der Waals surface area contributed by atoms with Crippen LogP contribution in [0.25, 0.3) is 0 Å². The molecule has 2 rings (SSSR count). The van der Waals surface area contributed by atoms with Crippen LogP contribution in [-0.4, -0.2) is 36.8 Å². The van der Waals surface area contributed by atoms with Crippen LogP contribution >= 0.6 is 0 Å². The molecule has 0 bridgehead atoms. The molecule has 0 atom stereocenters. The van der Waals surface area contributed by atoms with Crippen molar-refractivity contribution in [1.29, 1.82) is 0 Å². The van der Waals surface area contributed by atoms with Gasteiger partial charge in [-0.3, -0.25) is 0 Å². The maximum absolute atomic E-state index is 3.40. The normalized spacial score (nSPS) is 15.7. The number of rotatable bonds is 2. The predicted octanol–water partition coefficient (Wildman–Crippen LogP) is -0.888. The van der Waals surface area contributed by atoms with Crippen molar-refractivity contribution in [1.82, 2.24) is 0 Å². The van der Waals surface area contributed by atoms with E-state index in [0.29, 0.717) is 0 Å². The van der Waals surface area contributed by atoms with Gasteiger partial charge in [0.2, 0.25) is 0 Å². The minimum atomic E-state index is -1.67. The summed E-state index contributed by atoms with van der Waals surface area (Å²) >= 11 is -3.35. The van der Waals surface area contributed by atoms with Crippen LogP contribution in [0.15, 0.2) is 31.5 Å². The molecule has 0 fully saturated rings. The molecule has 0 radical (unpaired) electrons. The summed E-state index contributed by atoms with van der Waals surface area (Å²) < 4.78 is 3.12. The van der Waals surface area contributed by atoms with E-state index in [-0.39, 0.29) is 51.0 Å². The van der Waals surface area contributed by atoms with Gasteiger partial charge in [0, 0.05) is 0 Å². The van der Waals surface area contributed by atoms with Crippen LogP contribution in [0.1, 0.15) is 12.8 Å². The molecule has 0 amide bonds. The molecule has 0 saturated heterocycles.